The Kier molecular flexibility index (Phi) is 10.9. The number of aromatic nitrogens is 2. The molecule has 2 unspecified atom stereocenters. The Labute approximate surface area is 264 Å². The predicted molar refractivity (Wildman–Crippen MR) is 165 cm³/mol. The van der Waals surface area contributed by atoms with Gasteiger partial charge in [-0.15, -0.1) is 0 Å². The van der Waals surface area contributed by atoms with Crippen LogP contribution in [0.15, 0.2) is 75.4 Å². The Morgan fingerprint density at radius 2 is 1.93 bits per heavy atom. The van der Waals surface area contributed by atoms with E-state index in [9.17, 15) is 34.2 Å². The summed E-state index contributed by atoms with van der Waals surface area (Å²) in [5.41, 5.74) is -2.39. The number of benzene rings is 2. The molecule has 240 valence electrons. The number of carbonyl (C=O) groups is 1. The Morgan fingerprint density at radius 1 is 1.24 bits per heavy atom. The van der Waals surface area contributed by atoms with Crippen LogP contribution in [0.5, 0.6) is 5.75 Å². The molecule has 1 aromatic heterocycles. The summed E-state index contributed by atoms with van der Waals surface area (Å²) in [5.74, 6) is -0.867. The zero-order valence-electron chi connectivity index (χ0n) is 24.0. The SMILES string of the molecule is CC(C)(NP(=O)(OC[C@H]1O[C@@H](n2cc(C=CBr)c(=O)[nH]c2=O)CC1O)Oc1ccc([N+](=O)[O-])cc1)C(=O)OCc1ccccc1. The minimum absolute atomic E-state index is 0.0556. The van der Waals surface area contributed by atoms with E-state index in [4.69, 9.17) is 18.5 Å². The lowest BCUT2D eigenvalue weighted by molar-refractivity contribution is -0.384. The molecule has 1 fully saturated rings. The van der Waals surface area contributed by atoms with Crippen molar-refractivity contribution in [2.24, 2.45) is 0 Å². The van der Waals surface area contributed by atoms with Crippen LogP contribution >= 0.6 is 23.7 Å². The number of hydrogen-bond donors (Lipinski definition) is 3. The second kappa shape index (κ2) is 14.5. The normalized spacial score (nSPS) is 19.7. The Bertz CT molecular complexity index is 1710. The number of aliphatic hydroxyl groups is 1. The highest BCUT2D eigenvalue weighted by Crippen LogP contribution is 2.47. The summed E-state index contributed by atoms with van der Waals surface area (Å²) < 4.78 is 37.7. The van der Waals surface area contributed by atoms with Gasteiger partial charge in [-0.25, -0.2) is 9.36 Å². The fraction of sp³-hybridized carbons (Fsp3) is 0.321. The lowest BCUT2D eigenvalue weighted by Crippen LogP contribution is -2.47. The fourth-order valence-electron chi connectivity index (χ4n) is 4.25. The molecule has 2 heterocycles. The summed E-state index contributed by atoms with van der Waals surface area (Å²) >= 11 is 3.08. The first kappa shape index (κ1) is 34.0. The number of aliphatic hydroxyl groups excluding tert-OH is 1. The first-order valence-corrected chi connectivity index (χ1v) is 15.9. The molecular formula is C28H30BrN4O11P. The van der Waals surface area contributed by atoms with Gasteiger partial charge in [-0.3, -0.25) is 33.8 Å². The van der Waals surface area contributed by atoms with Crippen molar-refractivity contribution in [1.82, 2.24) is 14.6 Å². The van der Waals surface area contributed by atoms with E-state index in [1.807, 2.05) is 6.07 Å². The van der Waals surface area contributed by atoms with E-state index in [-0.39, 0.29) is 30.0 Å². The van der Waals surface area contributed by atoms with E-state index in [1.54, 1.807) is 24.3 Å². The van der Waals surface area contributed by atoms with Crippen molar-refractivity contribution in [3.63, 3.8) is 0 Å². The predicted octanol–water partition coefficient (Wildman–Crippen LogP) is 3.77. The molecule has 0 amide bonds. The molecule has 1 saturated heterocycles. The smallest absolute Gasteiger partial charge is 0.459 e. The lowest BCUT2D eigenvalue weighted by atomic mass is 10.1. The van der Waals surface area contributed by atoms with Crippen LogP contribution in [-0.4, -0.2) is 49.9 Å². The summed E-state index contributed by atoms with van der Waals surface area (Å²) in [6.45, 7) is 2.21. The highest BCUT2D eigenvalue weighted by molar-refractivity contribution is 9.11. The molecule has 2 aromatic carbocycles. The molecule has 0 spiro atoms. The van der Waals surface area contributed by atoms with Crippen LogP contribution in [0.2, 0.25) is 0 Å². The maximum Gasteiger partial charge on any atom is 0.459 e. The van der Waals surface area contributed by atoms with Gasteiger partial charge in [0.15, 0.2) is 0 Å². The fourth-order valence-corrected chi connectivity index (χ4v) is 6.22. The van der Waals surface area contributed by atoms with Crippen molar-refractivity contribution in [2.75, 3.05) is 6.61 Å². The minimum atomic E-state index is -4.50. The first-order chi connectivity index (χ1) is 21.3. The quantitative estimate of drug-likeness (QED) is 0.101. The lowest BCUT2D eigenvalue weighted by Gasteiger charge is -2.30. The maximum atomic E-state index is 14.1. The van der Waals surface area contributed by atoms with Crippen LogP contribution in [-0.2, 0) is 30.0 Å². The van der Waals surface area contributed by atoms with Gasteiger partial charge in [-0.05, 0) is 42.6 Å². The van der Waals surface area contributed by atoms with Crippen molar-refractivity contribution in [2.45, 2.75) is 50.8 Å². The molecule has 1 aliphatic heterocycles. The number of rotatable bonds is 13. The third kappa shape index (κ3) is 8.84. The molecule has 0 aliphatic carbocycles. The molecule has 1 aliphatic rings. The van der Waals surface area contributed by atoms with Crippen LogP contribution in [0.3, 0.4) is 0 Å². The summed E-state index contributed by atoms with van der Waals surface area (Å²) in [7, 11) is -4.50. The van der Waals surface area contributed by atoms with Gasteiger partial charge in [0.25, 0.3) is 11.2 Å². The Hall–Kier alpha value is -3.92. The van der Waals surface area contributed by atoms with Gasteiger partial charge in [0, 0.05) is 24.8 Å². The second-order valence-electron chi connectivity index (χ2n) is 10.4. The summed E-state index contributed by atoms with van der Waals surface area (Å²) in [6, 6.07) is 13.6. The molecule has 3 N–H and O–H groups in total. The third-order valence-electron chi connectivity index (χ3n) is 6.57. The third-order valence-corrected chi connectivity index (χ3v) is 8.61. The number of nitro groups is 1. The minimum Gasteiger partial charge on any atom is -0.459 e. The van der Waals surface area contributed by atoms with Crippen molar-refractivity contribution < 1.29 is 37.9 Å². The molecule has 0 bridgehead atoms. The molecule has 0 saturated carbocycles. The monoisotopic (exact) mass is 708 g/mol. The number of non-ortho nitro benzene ring substituents is 1. The summed E-state index contributed by atoms with van der Waals surface area (Å²) in [5, 5.41) is 24.3. The average molecular weight is 709 g/mol. The van der Waals surface area contributed by atoms with Crippen LogP contribution in [0.4, 0.5) is 5.69 Å². The number of nitro benzene ring substituents is 1. The Morgan fingerprint density at radius 3 is 2.58 bits per heavy atom. The number of H-pyrrole nitrogens is 1. The number of halogens is 1. The van der Waals surface area contributed by atoms with E-state index >= 15 is 0 Å². The number of ether oxygens (including phenoxy) is 2. The standard InChI is InChI=1S/C28H30BrN4O11P/c1-28(2,26(36)41-16-18-6-4-3-5-7-18)31-45(40,44-21-10-8-20(9-11-21)33(38)39)42-17-23-22(34)14-24(43-23)32-15-19(12-13-29)25(35)30-27(32)37/h3-13,15,22-24,34H,14,16-17H2,1-2H3,(H,31,40)(H,30,35,37)/t22?,23-,24-,45?/m1/s1. The van der Waals surface area contributed by atoms with Gasteiger partial charge < -0.3 is 19.1 Å². The van der Waals surface area contributed by atoms with E-state index in [0.717, 1.165) is 22.3 Å². The molecule has 3 aromatic rings. The van der Waals surface area contributed by atoms with E-state index in [2.05, 4.69) is 26.0 Å². The van der Waals surface area contributed by atoms with Gasteiger partial charge in [0.2, 0.25) is 0 Å². The van der Waals surface area contributed by atoms with Crippen LogP contribution < -0.4 is 20.9 Å². The van der Waals surface area contributed by atoms with E-state index in [1.165, 1.54) is 43.2 Å². The van der Waals surface area contributed by atoms with Crippen LogP contribution in [0.25, 0.3) is 6.08 Å². The van der Waals surface area contributed by atoms with Crippen LogP contribution in [0, 0.1) is 10.1 Å². The summed E-state index contributed by atoms with van der Waals surface area (Å²) in [4.78, 5) is 51.6. The molecule has 45 heavy (non-hydrogen) atoms. The molecule has 4 rings (SSSR count). The molecule has 15 nitrogen and oxygen atoms in total. The number of aromatic amines is 1. The number of hydrogen-bond acceptors (Lipinski definition) is 11. The summed E-state index contributed by atoms with van der Waals surface area (Å²) in [6.07, 6.45) is -0.700. The number of carbonyl (C=O) groups excluding carboxylic acids is 1. The maximum absolute atomic E-state index is 14.1. The second-order valence-corrected chi connectivity index (χ2v) is 12.6. The van der Waals surface area contributed by atoms with Gasteiger partial charge in [0.1, 0.15) is 30.2 Å². The average Bonchev–Trinajstić information content (AvgIpc) is 3.36. The van der Waals surface area contributed by atoms with Crippen molar-refractivity contribution in [3.05, 3.63) is 108 Å². The van der Waals surface area contributed by atoms with Gasteiger partial charge in [0.05, 0.1) is 23.2 Å². The number of esters is 1. The Balaban J connectivity index is 1.52. The molecule has 17 heteroatoms. The largest absolute Gasteiger partial charge is 0.459 e. The topological polar surface area (TPSA) is 201 Å². The van der Waals surface area contributed by atoms with Gasteiger partial charge in [-0.2, -0.15) is 5.09 Å². The number of nitrogens with one attached hydrogen (secondary N) is 2. The van der Waals surface area contributed by atoms with Crippen molar-refractivity contribution >= 4 is 41.4 Å². The van der Waals surface area contributed by atoms with Crippen molar-refractivity contribution in [3.8, 4) is 5.75 Å². The van der Waals surface area contributed by atoms with E-state index < -0.39 is 60.5 Å². The van der Waals surface area contributed by atoms with E-state index in [0.29, 0.717) is 0 Å². The zero-order valence-corrected chi connectivity index (χ0v) is 26.5. The van der Waals surface area contributed by atoms with Gasteiger partial charge in [-0.1, -0.05) is 46.3 Å². The van der Waals surface area contributed by atoms with Gasteiger partial charge >= 0.3 is 19.4 Å². The first-order valence-electron chi connectivity index (χ1n) is 13.5. The molecular weight excluding hydrogens is 679 g/mol. The molecule has 4 atom stereocenters. The number of nitrogens with zero attached hydrogens (tertiary/aromatic N) is 2. The highest BCUT2D eigenvalue weighted by atomic mass is 79.9. The van der Waals surface area contributed by atoms with Crippen molar-refractivity contribution in [1.29, 1.82) is 0 Å². The van der Waals surface area contributed by atoms with Crippen LogP contribution in [0.1, 0.15) is 37.6 Å². The highest BCUT2D eigenvalue weighted by Gasteiger charge is 2.43. The molecule has 0 radical (unpaired) electrons. The zero-order chi connectivity index (χ0) is 32.8.